The minimum atomic E-state index is -3.17. The summed E-state index contributed by atoms with van der Waals surface area (Å²) in [6.45, 7) is 3.99. The molecule has 4 nitrogen and oxygen atoms in total. The SMILES string of the molecule is Cc1ccc(F)cc1CNCCS(=O)(=O)N1CCSCC1. The summed E-state index contributed by atoms with van der Waals surface area (Å²) in [4.78, 5) is 0. The van der Waals surface area contributed by atoms with Gasteiger partial charge < -0.3 is 5.32 Å². The number of nitrogens with one attached hydrogen (secondary N) is 1. The van der Waals surface area contributed by atoms with Crippen molar-refractivity contribution in [3.05, 3.63) is 35.1 Å². The summed E-state index contributed by atoms with van der Waals surface area (Å²) in [6, 6.07) is 4.64. The van der Waals surface area contributed by atoms with E-state index in [0.717, 1.165) is 22.6 Å². The summed E-state index contributed by atoms with van der Waals surface area (Å²) < 4.78 is 39.0. The Balaban J connectivity index is 1.80. The molecule has 0 saturated carbocycles. The van der Waals surface area contributed by atoms with Crippen molar-refractivity contribution in [2.24, 2.45) is 0 Å². The van der Waals surface area contributed by atoms with Gasteiger partial charge in [-0.1, -0.05) is 6.07 Å². The highest BCUT2D eigenvalue weighted by Crippen LogP contribution is 2.13. The molecule has 1 aromatic carbocycles. The van der Waals surface area contributed by atoms with E-state index in [1.807, 2.05) is 6.92 Å². The molecule has 1 aliphatic rings. The zero-order valence-corrected chi connectivity index (χ0v) is 13.8. The molecule has 21 heavy (non-hydrogen) atoms. The van der Waals surface area contributed by atoms with E-state index in [2.05, 4.69) is 5.32 Å². The van der Waals surface area contributed by atoms with Crippen LogP contribution in [0.2, 0.25) is 0 Å². The maximum Gasteiger partial charge on any atom is 0.215 e. The Labute approximate surface area is 130 Å². The molecule has 1 fully saturated rings. The second-order valence-corrected chi connectivity index (χ2v) is 8.39. The van der Waals surface area contributed by atoms with Gasteiger partial charge in [-0.25, -0.2) is 17.1 Å². The van der Waals surface area contributed by atoms with Gasteiger partial charge in [0.05, 0.1) is 5.75 Å². The summed E-state index contributed by atoms with van der Waals surface area (Å²) in [5.41, 5.74) is 1.86. The van der Waals surface area contributed by atoms with Crippen LogP contribution in [0.3, 0.4) is 0 Å². The van der Waals surface area contributed by atoms with Gasteiger partial charge >= 0.3 is 0 Å². The summed E-state index contributed by atoms with van der Waals surface area (Å²) in [5.74, 6) is 1.56. The fraction of sp³-hybridized carbons (Fsp3) is 0.571. The predicted octanol–water partition coefficient (Wildman–Crippen LogP) is 1.60. The number of benzene rings is 1. The number of sulfonamides is 1. The molecule has 1 aliphatic heterocycles. The number of rotatable bonds is 6. The summed E-state index contributed by atoms with van der Waals surface area (Å²) in [5, 5.41) is 3.09. The topological polar surface area (TPSA) is 49.4 Å². The largest absolute Gasteiger partial charge is 0.312 e. The van der Waals surface area contributed by atoms with Crippen LogP contribution >= 0.6 is 11.8 Å². The van der Waals surface area contributed by atoms with Crippen LogP contribution in [0, 0.1) is 12.7 Å². The van der Waals surface area contributed by atoms with Crippen LogP contribution < -0.4 is 5.32 Å². The zero-order valence-electron chi connectivity index (χ0n) is 12.1. The molecule has 1 saturated heterocycles. The molecule has 1 heterocycles. The third-order valence-electron chi connectivity index (χ3n) is 3.53. The van der Waals surface area contributed by atoms with Crippen LogP contribution in [0.25, 0.3) is 0 Å². The fourth-order valence-corrected chi connectivity index (χ4v) is 4.74. The molecule has 1 N–H and O–H groups in total. The number of aryl methyl sites for hydroxylation is 1. The van der Waals surface area contributed by atoms with Gasteiger partial charge in [-0.2, -0.15) is 11.8 Å². The maximum atomic E-state index is 13.2. The van der Waals surface area contributed by atoms with Crippen LogP contribution in [0.15, 0.2) is 18.2 Å². The highest BCUT2D eigenvalue weighted by Gasteiger charge is 2.23. The van der Waals surface area contributed by atoms with E-state index in [1.54, 1.807) is 22.1 Å². The van der Waals surface area contributed by atoms with E-state index in [1.165, 1.54) is 12.1 Å². The van der Waals surface area contributed by atoms with Gasteiger partial charge in [0.1, 0.15) is 5.82 Å². The lowest BCUT2D eigenvalue weighted by molar-refractivity contribution is 0.442. The lowest BCUT2D eigenvalue weighted by Crippen LogP contribution is -2.41. The standard InChI is InChI=1S/C14H21FN2O2S2/c1-12-2-3-14(15)10-13(12)11-16-4-9-21(18,19)17-5-7-20-8-6-17/h2-3,10,16H,4-9,11H2,1H3. The van der Waals surface area contributed by atoms with Gasteiger partial charge in [-0.3, -0.25) is 0 Å². The Kier molecular flexibility index (Phi) is 6.04. The van der Waals surface area contributed by atoms with Crippen molar-refractivity contribution in [1.29, 1.82) is 0 Å². The smallest absolute Gasteiger partial charge is 0.215 e. The number of hydrogen-bond donors (Lipinski definition) is 1. The Morgan fingerprint density at radius 2 is 2.05 bits per heavy atom. The van der Waals surface area contributed by atoms with Crippen molar-refractivity contribution in [3.8, 4) is 0 Å². The molecular formula is C14H21FN2O2S2. The monoisotopic (exact) mass is 332 g/mol. The summed E-state index contributed by atoms with van der Waals surface area (Å²) >= 11 is 1.79. The molecule has 0 bridgehead atoms. The summed E-state index contributed by atoms with van der Waals surface area (Å²) in [7, 11) is -3.17. The van der Waals surface area contributed by atoms with Crippen molar-refractivity contribution in [1.82, 2.24) is 9.62 Å². The van der Waals surface area contributed by atoms with Crippen molar-refractivity contribution in [2.45, 2.75) is 13.5 Å². The minimum Gasteiger partial charge on any atom is -0.312 e. The first-order valence-electron chi connectivity index (χ1n) is 7.00. The quantitative estimate of drug-likeness (QED) is 0.804. The van der Waals surface area contributed by atoms with Gasteiger partial charge in [-0.05, 0) is 30.2 Å². The Bertz CT molecular complexity index is 572. The second-order valence-electron chi connectivity index (χ2n) is 5.08. The van der Waals surface area contributed by atoms with Gasteiger partial charge in [-0.15, -0.1) is 0 Å². The molecule has 0 radical (unpaired) electrons. The first-order valence-corrected chi connectivity index (χ1v) is 9.77. The Morgan fingerprint density at radius 1 is 1.33 bits per heavy atom. The van der Waals surface area contributed by atoms with Crippen LogP contribution in [-0.2, 0) is 16.6 Å². The van der Waals surface area contributed by atoms with E-state index in [4.69, 9.17) is 0 Å². The molecular weight excluding hydrogens is 311 g/mol. The molecule has 0 aliphatic carbocycles. The normalized spacial score (nSPS) is 17.0. The van der Waals surface area contributed by atoms with E-state index in [0.29, 0.717) is 26.2 Å². The lowest BCUT2D eigenvalue weighted by Gasteiger charge is -2.25. The second kappa shape index (κ2) is 7.58. The molecule has 118 valence electrons. The molecule has 0 spiro atoms. The predicted molar refractivity (Wildman–Crippen MR) is 85.5 cm³/mol. The lowest BCUT2D eigenvalue weighted by atomic mass is 10.1. The molecule has 7 heteroatoms. The Hall–Kier alpha value is -0.630. The average molecular weight is 332 g/mol. The van der Waals surface area contributed by atoms with Gasteiger partial charge in [0.2, 0.25) is 10.0 Å². The van der Waals surface area contributed by atoms with Crippen molar-refractivity contribution < 1.29 is 12.8 Å². The number of thioether (sulfide) groups is 1. The maximum absolute atomic E-state index is 13.2. The first kappa shape index (κ1) is 16.7. The van der Waals surface area contributed by atoms with Crippen LogP contribution in [-0.4, -0.2) is 49.6 Å². The van der Waals surface area contributed by atoms with E-state index in [9.17, 15) is 12.8 Å². The average Bonchev–Trinajstić information content (AvgIpc) is 2.48. The van der Waals surface area contributed by atoms with Gasteiger partial charge in [0.25, 0.3) is 0 Å². The third kappa shape index (κ3) is 4.95. The molecule has 0 atom stereocenters. The number of hydrogen-bond acceptors (Lipinski definition) is 4. The van der Waals surface area contributed by atoms with Crippen LogP contribution in [0.5, 0.6) is 0 Å². The third-order valence-corrected chi connectivity index (χ3v) is 6.34. The van der Waals surface area contributed by atoms with Crippen LogP contribution in [0.1, 0.15) is 11.1 Å². The molecule has 0 aromatic heterocycles. The summed E-state index contributed by atoms with van der Waals surface area (Å²) in [6.07, 6.45) is 0. The zero-order chi connectivity index (χ0) is 15.3. The molecule has 1 aromatic rings. The minimum absolute atomic E-state index is 0.0893. The van der Waals surface area contributed by atoms with E-state index in [-0.39, 0.29) is 11.6 Å². The molecule has 2 rings (SSSR count). The fourth-order valence-electron chi connectivity index (χ4n) is 2.21. The van der Waals surface area contributed by atoms with Crippen molar-refractivity contribution in [3.63, 3.8) is 0 Å². The van der Waals surface area contributed by atoms with E-state index >= 15 is 0 Å². The van der Waals surface area contributed by atoms with Crippen molar-refractivity contribution in [2.75, 3.05) is 36.9 Å². The van der Waals surface area contributed by atoms with Gasteiger partial charge in [0.15, 0.2) is 0 Å². The highest BCUT2D eigenvalue weighted by molar-refractivity contribution is 7.99. The van der Waals surface area contributed by atoms with Crippen molar-refractivity contribution >= 4 is 21.8 Å². The Morgan fingerprint density at radius 3 is 2.76 bits per heavy atom. The van der Waals surface area contributed by atoms with Gasteiger partial charge in [0, 0.05) is 37.7 Å². The van der Waals surface area contributed by atoms with Crippen LogP contribution in [0.4, 0.5) is 4.39 Å². The number of nitrogens with zero attached hydrogens (tertiary/aromatic N) is 1. The molecule has 0 unspecified atom stereocenters. The highest BCUT2D eigenvalue weighted by atomic mass is 32.2. The molecule has 0 amide bonds. The van der Waals surface area contributed by atoms with E-state index < -0.39 is 10.0 Å². The number of halogens is 1. The first-order chi connectivity index (χ1) is 9.99.